The number of ether oxygens (including phenoxy) is 1. The quantitative estimate of drug-likeness (QED) is 0.667. The third-order valence-electron chi connectivity index (χ3n) is 5.23. The lowest BCUT2D eigenvalue weighted by Crippen LogP contribution is -2.26. The van der Waals surface area contributed by atoms with Gasteiger partial charge in [-0.1, -0.05) is 19.1 Å². The van der Waals surface area contributed by atoms with Crippen LogP contribution in [0.4, 0.5) is 11.5 Å². The summed E-state index contributed by atoms with van der Waals surface area (Å²) in [5.74, 6) is 2.35. The lowest BCUT2D eigenvalue weighted by Gasteiger charge is -2.28. The summed E-state index contributed by atoms with van der Waals surface area (Å²) < 4.78 is 7.61. The first-order valence-electron chi connectivity index (χ1n) is 9.39. The lowest BCUT2D eigenvalue weighted by molar-refractivity contribution is 0.218. The molecule has 2 heterocycles. The Labute approximate surface area is 159 Å². The van der Waals surface area contributed by atoms with Crippen molar-refractivity contribution in [3.63, 3.8) is 0 Å². The van der Waals surface area contributed by atoms with Crippen LogP contribution in [-0.4, -0.2) is 27.5 Å². The third-order valence-corrected chi connectivity index (χ3v) is 5.23. The van der Waals surface area contributed by atoms with Crippen LogP contribution in [0.3, 0.4) is 0 Å². The second kappa shape index (κ2) is 7.31. The number of hydrogen-bond acceptors (Lipinski definition) is 5. The first-order chi connectivity index (χ1) is 13.2. The van der Waals surface area contributed by atoms with E-state index in [2.05, 4.69) is 23.3 Å². The monoisotopic (exact) mass is 363 g/mol. The number of hydrogen-bond donors (Lipinski definition) is 2. The highest BCUT2D eigenvalue weighted by molar-refractivity contribution is 5.70. The molecule has 27 heavy (non-hydrogen) atoms. The molecule has 1 aromatic carbocycles. The van der Waals surface area contributed by atoms with Gasteiger partial charge in [-0.3, -0.25) is 0 Å². The highest BCUT2D eigenvalue weighted by atomic mass is 16.5. The van der Waals surface area contributed by atoms with E-state index in [1.807, 2.05) is 41.1 Å². The Morgan fingerprint density at radius 2 is 2.07 bits per heavy atom. The minimum absolute atomic E-state index is 0.178. The van der Waals surface area contributed by atoms with E-state index in [-0.39, 0.29) is 6.04 Å². The highest BCUT2D eigenvalue weighted by Gasteiger charge is 2.23. The van der Waals surface area contributed by atoms with Crippen LogP contribution in [0.2, 0.25) is 0 Å². The predicted molar refractivity (Wildman–Crippen MR) is 108 cm³/mol. The van der Waals surface area contributed by atoms with Crippen LogP contribution in [0.1, 0.15) is 26.2 Å². The average Bonchev–Trinajstić information content (AvgIpc) is 3.17. The van der Waals surface area contributed by atoms with Crippen molar-refractivity contribution in [1.82, 2.24) is 14.4 Å². The summed E-state index contributed by atoms with van der Waals surface area (Å²) in [5.41, 5.74) is 9.27. The van der Waals surface area contributed by atoms with Gasteiger partial charge in [-0.25, -0.2) is 9.97 Å². The molecule has 0 fully saturated rings. The van der Waals surface area contributed by atoms with Crippen LogP contribution in [-0.2, 0) is 4.74 Å². The minimum Gasteiger partial charge on any atom is -0.501 e. The number of aromatic nitrogens is 3. The maximum Gasteiger partial charge on any atom is 0.180 e. The molecule has 3 N–H and O–H groups in total. The van der Waals surface area contributed by atoms with Gasteiger partial charge in [0.25, 0.3) is 0 Å². The van der Waals surface area contributed by atoms with E-state index in [9.17, 15) is 0 Å². The molecule has 1 aliphatic carbocycles. The third kappa shape index (κ3) is 3.47. The Hall–Kier alpha value is -3.02. The Bertz CT molecular complexity index is 960. The van der Waals surface area contributed by atoms with Crippen LogP contribution in [0.15, 0.2) is 54.7 Å². The maximum atomic E-state index is 5.81. The maximum absolute atomic E-state index is 5.81. The Morgan fingerprint density at radius 1 is 1.26 bits per heavy atom. The van der Waals surface area contributed by atoms with Crippen molar-refractivity contribution in [2.45, 2.75) is 32.2 Å². The molecule has 0 radical (unpaired) electrons. The summed E-state index contributed by atoms with van der Waals surface area (Å²) in [7, 11) is 1.75. The molecular formula is C21H25N5O. The number of nitrogens with zero attached hydrogens (tertiary/aromatic N) is 3. The summed E-state index contributed by atoms with van der Waals surface area (Å²) in [4.78, 5) is 9.32. The molecular weight excluding hydrogens is 338 g/mol. The molecule has 2 aromatic heterocycles. The normalized spacial score (nSPS) is 19.7. The number of nitrogen functional groups attached to an aromatic ring is 1. The van der Waals surface area contributed by atoms with Crippen molar-refractivity contribution >= 4 is 17.2 Å². The largest absolute Gasteiger partial charge is 0.501 e. The number of methoxy groups -OCH3 is 1. The molecule has 0 aliphatic heterocycles. The molecule has 140 valence electrons. The van der Waals surface area contributed by atoms with Gasteiger partial charge in [0, 0.05) is 41.8 Å². The molecule has 0 saturated heterocycles. The molecule has 1 aliphatic rings. The van der Waals surface area contributed by atoms with Crippen LogP contribution in [0, 0.1) is 5.92 Å². The zero-order valence-corrected chi connectivity index (χ0v) is 15.7. The van der Waals surface area contributed by atoms with Crippen LogP contribution >= 0.6 is 0 Å². The fourth-order valence-electron chi connectivity index (χ4n) is 3.69. The molecule has 0 amide bonds. The van der Waals surface area contributed by atoms with Gasteiger partial charge in [-0.05, 0) is 37.5 Å². The molecule has 6 nitrogen and oxygen atoms in total. The van der Waals surface area contributed by atoms with Gasteiger partial charge < -0.3 is 20.2 Å². The van der Waals surface area contributed by atoms with E-state index in [1.165, 1.54) is 0 Å². The fraction of sp³-hybridized carbons (Fsp3) is 0.333. The van der Waals surface area contributed by atoms with Crippen LogP contribution < -0.4 is 11.1 Å². The number of fused-ring (bicyclic) bond motifs is 1. The molecule has 6 heteroatoms. The minimum atomic E-state index is 0.178. The van der Waals surface area contributed by atoms with Gasteiger partial charge in [0.1, 0.15) is 0 Å². The number of nitrogens with two attached hydrogens (primary N) is 1. The number of allylic oxidation sites excluding steroid dienone is 1. The second-order valence-electron chi connectivity index (χ2n) is 6.96. The van der Waals surface area contributed by atoms with Gasteiger partial charge in [0.2, 0.25) is 0 Å². The van der Waals surface area contributed by atoms with Gasteiger partial charge in [0.05, 0.1) is 18.6 Å². The smallest absolute Gasteiger partial charge is 0.180 e. The number of benzene rings is 1. The Balaban J connectivity index is 1.69. The topological polar surface area (TPSA) is 77.5 Å². The number of anilines is 2. The van der Waals surface area contributed by atoms with E-state index in [0.29, 0.717) is 5.92 Å². The summed E-state index contributed by atoms with van der Waals surface area (Å²) in [6.45, 7) is 2.21. The fourth-order valence-corrected chi connectivity index (χ4v) is 3.69. The van der Waals surface area contributed by atoms with Gasteiger partial charge in [-0.15, -0.1) is 0 Å². The molecule has 2 unspecified atom stereocenters. The number of rotatable bonds is 5. The second-order valence-corrected chi connectivity index (χ2v) is 6.96. The van der Waals surface area contributed by atoms with E-state index in [1.54, 1.807) is 13.3 Å². The van der Waals surface area contributed by atoms with E-state index in [4.69, 9.17) is 15.5 Å². The summed E-state index contributed by atoms with van der Waals surface area (Å²) in [6.07, 6.45) is 11.2. The molecule has 0 spiro atoms. The predicted octanol–water partition coefficient (Wildman–Crippen LogP) is 4.11. The first kappa shape index (κ1) is 17.4. The molecule has 0 saturated carbocycles. The van der Waals surface area contributed by atoms with Crippen molar-refractivity contribution in [3.05, 3.63) is 54.7 Å². The Morgan fingerprint density at radius 3 is 2.81 bits per heavy atom. The first-order valence-corrected chi connectivity index (χ1v) is 9.39. The van der Waals surface area contributed by atoms with Crippen molar-refractivity contribution in [3.8, 4) is 11.3 Å². The van der Waals surface area contributed by atoms with Crippen molar-refractivity contribution in [1.29, 1.82) is 0 Å². The van der Waals surface area contributed by atoms with Crippen LogP contribution in [0.25, 0.3) is 16.9 Å². The average molecular weight is 363 g/mol. The van der Waals surface area contributed by atoms with E-state index >= 15 is 0 Å². The molecule has 2 atom stereocenters. The van der Waals surface area contributed by atoms with E-state index < -0.39 is 0 Å². The summed E-state index contributed by atoms with van der Waals surface area (Å²) in [6, 6.07) is 7.93. The molecule has 0 bridgehead atoms. The molecule has 3 aromatic rings. The summed E-state index contributed by atoms with van der Waals surface area (Å²) in [5, 5.41) is 3.56. The Kier molecular flexibility index (Phi) is 4.71. The molecule has 4 rings (SSSR count). The van der Waals surface area contributed by atoms with Crippen LogP contribution in [0.5, 0.6) is 0 Å². The van der Waals surface area contributed by atoms with Crippen molar-refractivity contribution in [2.75, 3.05) is 18.2 Å². The summed E-state index contributed by atoms with van der Waals surface area (Å²) >= 11 is 0. The zero-order valence-electron chi connectivity index (χ0n) is 15.7. The standard InChI is InChI=1S/C21H25N5O/c1-3-14-6-9-17(12-19(14)27-2)24-20-21-23-10-11-26(21)13-18(25-20)15-4-7-16(22)8-5-15/h4-5,7-8,10-14,17H,3,6,9,22H2,1-2H3,(H,24,25). The van der Waals surface area contributed by atoms with Gasteiger partial charge in [-0.2, -0.15) is 0 Å². The van der Waals surface area contributed by atoms with Gasteiger partial charge >= 0.3 is 0 Å². The lowest BCUT2D eigenvalue weighted by atomic mass is 9.89. The zero-order chi connectivity index (χ0) is 18.8. The number of nitrogens with one attached hydrogen (secondary N) is 1. The highest BCUT2D eigenvalue weighted by Crippen LogP contribution is 2.30. The SMILES string of the molecule is CCC1CCC(Nc2nc(-c3ccc(N)cc3)cn3ccnc23)C=C1OC. The van der Waals surface area contributed by atoms with E-state index in [0.717, 1.165) is 53.4 Å². The van der Waals surface area contributed by atoms with Crippen molar-refractivity contribution in [2.24, 2.45) is 5.92 Å². The van der Waals surface area contributed by atoms with Gasteiger partial charge in [0.15, 0.2) is 11.5 Å². The van der Waals surface area contributed by atoms with Crippen molar-refractivity contribution < 1.29 is 4.74 Å². The number of imidazole rings is 1.